The molecule has 1 N–H and O–H groups in total. The first-order chi connectivity index (χ1) is 12.3. The quantitative estimate of drug-likeness (QED) is 0.891. The Hall–Kier alpha value is -1.60. The fraction of sp³-hybridized carbons (Fsp3) is 0.611. The molecule has 3 aliphatic heterocycles. The fourth-order valence-electron chi connectivity index (χ4n) is 3.68. The Kier molecular flexibility index (Phi) is 4.94. The van der Waals surface area contributed by atoms with Crippen molar-refractivity contribution in [2.24, 2.45) is 0 Å². The number of hydrogen-bond donors (Lipinski definition) is 1. The normalized spacial score (nSPS) is 21.8. The number of carbonyl (C=O) groups is 1. The van der Waals surface area contributed by atoms with Gasteiger partial charge in [0.15, 0.2) is 11.5 Å². The van der Waals surface area contributed by atoms with E-state index in [0.717, 1.165) is 48.9 Å². The monoisotopic (exact) mass is 364 g/mol. The molecule has 6 nitrogen and oxygen atoms in total. The molecule has 3 aliphatic rings. The Morgan fingerprint density at radius 3 is 2.72 bits per heavy atom. The van der Waals surface area contributed by atoms with Gasteiger partial charge in [0.05, 0.1) is 0 Å². The molecule has 0 unspecified atom stereocenters. The van der Waals surface area contributed by atoms with Crippen molar-refractivity contribution >= 4 is 17.8 Å². The average molecular weight is 364 g/mol. The summed E-state index contributed by atoms with van der Waals surface area (Å²) in [6.07, 6.45) is 1.78. The molecule has 0 aromatic heterocycles. The number of carbonyl (C=O) groups excluding carboxylic acids is 1. The molecule has 25 heavy (non-hydrogen) atoms. The van der Waals surface area contributed by atoms with Crippen molar-refractivity contribution in [1.29, 1.82) is 0 Å². The highest BCUT2D eigenvalue weighted by Gasteiger charge is 2.36. The predicted molar refractivity (Wildman–Crippen MR) is 96.6 cm³/mol. The van der Waals surface area contributed by atoms with Crippen molar-refractivity contribution in [1.82, 2.24) is 10.2 Å². The number of nitrogens with zero attached hydrogens (tertiary/aromatic N) is 1. The van der Waals surface area contributed by atoms with Gasteiger partial charge in [0.1, 0.15) is 0 Å². The van der Waals surface area contributed by atoms with E-state index in [9.17, 15) is 4.79 Å². The van der Waals surface area contributed by atoms with Crippen molar-refractivity contribution in [3.63, 3.8) is 0 Å². The van der Waals surface area contributed by atoms with E-state index in [1.807, 2.05) is 22.7 Å². The fourth-order valence-corrected chi connectivity index (χ4v) is 4.58. The molecule has 1 aromatic rings. The maximum absolute atomic E-state index is 12.5. The third kappa shape index (κ3) is 3.53. The van der Waals surface area contributed by atoms with E-state index in [1.165, 1.54) is 5.56 Å². The second-order valence-electron chi connectivity index (χ2n) is 6.72. The molecule has 3 heterocycles. The molecule has 0 spiro atoms. The summed E-state index contributed by atoms with van der Waals surface area (Å²) in [6, 6.07) is 6.19. The third-order valence-corrected chi connectivity index (χ3v) is 6.25. The molecule has 1 aromatic carbocycles. The highest BCUT2D eigenvalue weighted by Crippen LogP contribution is 2.40. The molecule has 2 saturated heterocycles. The Morgan fingerprint density at radius 1 is 1.16 bits per heavy atom. The molecule has 2 amide bonds. The summed E-state index contributed by atoms with van der Waals surface area (Å²) in [7, 11) is 0. The Balaban J connectivity index is 1.50. The van der Waals surface area contributed by atoms with E-state index in [0.29, 0.717) is 19.8 Å². The third-order valence-electron chi connectivity index (χ3n) is 5.31. The van der Waals surface area contributed by atoms with Gasteiger partial charge in [0.25, 0.3) is 0 Å². The Morgan fingerprint density at radius 2 is 1.92 bits per heavy atom. The number of rotatable bonds is 3. The lowest BCUT2D eigenvalue weighted by molar-refractivity contribution is 0.0501. The van der Waals surface area contributed by atoms with E-state index in [-0.39, 0.29) is 18.2 Å². The first kappa shape index (κ1) is 16.8. The van der Waals surface area contributed by atoms with Gasteiger partial charge >= 0.3 is 6.03 Å². The molecule has 0 aliphatic carbocycles. The lowest BCUT2D eigenvalue weighted by Gasteiger charge is -2.38. The van der Waals surface area contributed by atoms with Crippen LogP contribution in [0.25, 0.3) is 0 Å². The zero-order valence-electron chi connectivity index (χ0n) is 14.3. The van der Waals surface area contributed by atoms with Crippen LogP contribution in [0.1, 0.15) is 18.4 Å². The van der Waals surface area contributed by atoms with Gasteiger partial charge in [-0.2, -0.15) is 11.8 Å². The van der Waals surface area contributed by atoms with E-state index in [1.54, 1.807) is 0 Å². The van der Waals surface area contributed by atoms with Crippen LogP contribution < -0.4 is 14.8 Å². The number of thioether (sulfide) groups is 1. The van der Waals surface area contributed by atoms with Gasteiger partial charge < -0.3 is 24.4 Å². The second kappa shape index (κ2) is 7.33. The van der Waals surface area contributed by atoms with Gasteiger partial charge in [-0.15, -0.1) is 0 Å². The van der Waals surface area contributed by atoms with Crippen molar-refractivity contribution in [3.05, 3.63) is 23.8 Å². The van der Waals surface area contributed by atoms with Crippen LogP contribution in [0.3, 0.4) is 0 Å². The van der Waals surface area contributed by atoms with Gasteiger partial charge in [-0.1, -0.05) is 6.07 Å². The van der Waals surface area contributed by atoms with Crippen molar-refractivity contribution in [3.8, 4) is 11.5 Å². The molecule has 2 fully saturated rings. The molecular weight excluding hydrogens is 340 g/mol. The summed E-state index contributed by atoms with van der Waals surface area (Å²) in [6.45, 7) is 3.99. The minimum Gasteiger partial charge on any atom is -0.454 e. The van der Waals surface area contributed by atoms with Crippen LogP contribution in [0.4, 0.5) is 4.79 Å². The summed E-state index contributed by atoms with van der Waals surface area (Å²) in [4.78, 5) is 14.5. The molecule has 0 saturated carbocycles. The van der Waals surface area contributed by atoms with Crippen LogP contribution in [0, 0.1) is 0 Å². The summed E-state index contributed by atoms with van der Waals surface area (Å²) >= 11 is 1.91. The summed E-state index contributed by atoms with van der Waals surface area (Å²) in [5, 5.41) is 3.18. The summed E-state index contributed by atoms with van der Waals surface area (Å²) in [5.41, 5.74) is 1.08. The lowest BCUT2D eigenvalue weighted by Crippen LogP contribution is -2.50. The van der Waals surface area contributed by atoms with Gasteiger partial charge in [0, 0.05) is 49.8 Å². The largest absolute Gasteiger partial charge is 0.454 e. The van der Waals surface area contributed by atoms with Crippen LogP contribution in [0.15, 0.2) is 18.2 Å². The Labute approximate surface area is 152 Å². The topological polar surface area (TPSA) is 60.0 Å². The number of amides is 2. The highest BCUT2D eigenvalue weighted by molar-refractivity contribution is 7.99. The van der Waals surface area contributed by atoms with E-state index in [2.05, 4.69) is 17.4 Å². The minimum absolute atomic E-state index is 0.0481. The van der Waals surface area contributed by atoms with Crippen LogP contribution in [-0.4, -0.2) is 62.1 Å². The molecule has 0 bridgehead atoms. The molecule has 4 rings (SSSR count). The van der Waals surface area contributed by atoms with Crippen LogP contribution >= 0.6 is 11.8 Å². The van der Waals surface area contributed by atoms with Crippen molar-refractivity contribution < 1.29 is 19.0 Å². The highest BCUT2D eigenvalue weighted by atomic mass is 32.2. The number of urea groups is 1. The number of hydrogen-bond acceptors (Lipinski definition) is 5. The van der Waals surface area contributed by atoms with E-state index >= 15 is 0 Å². The van der Waals surface area contributed by atoms with E-state index in [4.69, 9.17) is 14.2 Å². The number of ether oxygens (including phenoxy) is 3. The zero-order valence-corrected chi connectivity index (χ0v) is 15.1. The maximum atomic E-state index is 12.5. The summed E-state index contributed by atoms with van der Waals surface area (Å²) in [5.74, 6) is 3.63. The van der Waals surface area contributed by atoms with Crippen molar-refractivity contribution in [2.75, 3.05) is 51.1 Å². The van der Waals surface area contributed by atoms with E-state index < -0.39 is 0 Å². The zero-order chi connectivity index (χ0) is 17.1. The van der Waals surface area contributed by atoms with Gasteiger partial charge in [-0.05, 0) is 30.5 Å². The average Bonchev–Trinajstić information content (AvgIpc) is 3.15. The second-order valence-corrected chi connectivity index (χ2v) is 7.94. The predicted octanol–water partition coefficient (Wildman–Crippen LogP) is 2.22. The first-order valence-electron chi connectivity index (χ1n) is 8.85. The van der Waals surface area contributed by atoms with Gasteiger partial charge in [-0.25, -0.2) is 4.79 Å². The Bertz CT molecular complexity index is 628. The summed E-state index contributed by atoms with van der Waals surface area (Å²) < 4.78 is 16.6. The van der Waals surface area contributed by atoms with Crippen molar-refractivity contribution in [2.45, 2.75) is 18.3 Å². The standard InChI is InChI=1S/C18H24N2O4S/c21-17(20-5-9-25-10-6-20)19-12-18(3-7-22-8-4-18)14-1-2-15-16(11-14)24-13-23-15/h1-2,11H,3-10,12-13H2,(H,19,21). The molecule has 136 valence electrons. The number of nitrogens with one attached hydrogen (secondary N) is 1. The van der Waals surface area contributed by atoms with Gasteiger partial charge in [0.2, 0.25) is 6.79 Å². The minimum atomic E-state index is -0.112. The number of benzene rings is 1. The van der Waals surface area contributed by atoms with Gasteiger partial charge in [-0.3, -0.25) is 0 Å². The maximum Gasteiger partial charge on any atom is 0.317 e. The van der Waals surface area contributed by atoms with Crippen LogP contribution in [0.5, 0.6) is 11.5 Å². The van der Waals surface area contributed by atoms with Crippen LogP contribution in [0.2, 0.25) is 0 Å². The first-order valence-corrected chi connectivity index (χ1v) is 10.0. The van der Waals surface area contributed by atoms with Crippen LogP contribution in [-0.2, 0) is 10.2 Å². The lowest BCUT2D eigenvalue weighted by atomic mass is 9.74. The molecule has 0 atom stereocenters. The number of fused-ring (bicyclic) bond motifs is 1. The SMILES string of the molecule is O=C(NCC1(c2ccc3c(c2)OCO3)CCOCC1)N1CCSCC1. The smallest absolute Gasteiger partial charge is 0.317 e. The molecule has 0 radical (unpaired) electrons. The molecule has 7 heteroatoms. The molecular formula is C18H24N2O4S.